The zero-order valence-corrected chi connectivity index (χ0v) is 15.7. The van der Waals surface area contributed by atoms with Crippen LogP contribution in [-0.4, -0.2) is 17.2 Å². The van der Waals surface area contributed by atoms with Crippen LogP contribution in [0.5, 0.6) is 5.75 Å². The topological polar surface area (TPSA) is 46.5 Å². The fourth-order valence-electron chi connectivity index (χ4n) is 2.36. The van der Waals surface area contributed by atoms with Gasteiger partial charge in [-0.25, -0.2) is 4.79 Å². The number of hydrogen-bond donors (Lipinski definition) is 1. The normalized spacial score (nSPS) is 12.7. The minimum absolute atomic E-state index is 0.109. The first-order chi connectivity index (χ1) is 10.8. The van der Waals surface area contributed by atoms with Crippen LogP contribution in [0.4, 0.5) is 0 Å². The number of benzene rings is 2. The van der Waals surface area contributed by atoms with Crippen LogP contribution in [0.25, 0.3) is 0 Å². The van der Waals surface area contributed by atoms with Crippen LogP contribution in [0, 0.1) is 3.57 Å². The average molecular weight is 424 g/mol. The molecule has 2 aromatic rings. The summed E-state index contributed by atoms with van der Waals surface area (Å²) in [7, 11) is 0. The second-order valence-electron chi connectivity index (χ2n) is 6.52. The molecule has 0 saturated carbocycles. The fourth-order valence-corrected chi connectivity index (χ4v) is 2.72. The van der Waals surface area contributed by atoms with Gasteiger partial charge < -0.3 is 9.84 Å². The van der Waals surface area contributed by atoms with Crippen molar-refractivity contribution in [2.45, 2.75) is 38.7 Å². The second kappa shape index (κ2) is 7.34. The molecule has 1 atom stereocenters. The quantitative estimate of drug-likeness (QED) is 0.711. The Morgan fingerprint density at radius 3 is 2.30 bits per heavy atom. The number of aliphatic carboxylic acids is 1. The van der Waals surface area contributed by atoms with Crippen LogP contribution < -0.4 is 4.74 Å². The zero-order chi connectivity index (χ0) is 17.0. The Morgan fingerprint density at radius 2 is 1.74 bits per heavy atom. The first-order valence-corrected chi connectivity index (χ1v) is 8.58. The van der Waals surface area contributed by atoms with Crippen LogP contribution in [-0.2, 0) is 16.6 Å². The number of rotatable bonds is 5. The number of hydrogen-bond acceptors (Lipinski definition) is 2. The highest BCUT2D eigenvalue weighted by Gasteiger charge is 2.24. The van der Waals surface area contributed by atoms with Crippen molar-refractivity contribution >= 4 is 28.6 Å². The smallest absolute Gasteiger partial charge is 0.345 e. The Morgan fingerprint density at radius 1 is 1.13 bits per heavy atom. The van der Waals surface area contributed by atoms with Gasteiger partial charge in [0.05, 0.1) is 0 Å². The lowest BCUT2D eigenvalue weighted by molar-refractivity contribution is -0.145. The van der Waals surface area contributed by atoms with Crippen molar-refractivity contribution in [3.63, 3.8) is 0 Å². The molecule has 0 bridgehead atoms. The van der Waals surface area contributed by atoms with Crippen LogP contribution >= 0.6 is 22.6 Å². The zero-order valence-electron chi connectivity index (χ0n) is 13.5. The maximum Gasteiger partial charge on any atom is 0.345 e. The lowest BCUT2D eigenvalue weighted by atomic mass is 9.86. The molecule has 122 valence electrons. The van der Waals surface area contributed by atoms with E-state index in [1.807, 2.05) is 48.5 Å². The number of halogens is 1. The van der Waals surface area contributed by atoms with Crippen LogP contribution in [0.15, 0.2) is 48.5 Å². The summed E-state index contributed by atoms with van der Waals surface area (Å²) in [5, 5.41) is 9.52. The van der Waals surface area contributed by atoms with E-state index in [-0.39, 0.29) is 5.41 Å². The maximum atomic E-state index is 11.6. The molecule has 0 amide bonds. The Kier molecular flexibility index (Phi) is 5.68. The molecule has 23 heavy (non-hydrogen) atoms. The Labute approximate surface area is 150 Å². The molecule has 0 spiro atoms. The largest absolute Gasteiger partial charge is 0.478 e. The van der Waals surface area contributed by atoms with E-state index in [9.17, 15) is 9.90 Å². The van der Waals surface area contributed by atoms with E-state index in [1.54, 1.807) is 0 Å². The van der Waals surface area contributed by atoms with Gasteiger partial charge in [0.2, 0.25) is 0 Å². The van der Waals surface area contributed by atoms with E-state index in [0.717, 1.165) is 14.7 Å². The summed E-state index contributed by atoms with van der Waals surface area (Å²) in [5.41, 5.74) is 1.85. The molecular formula is C19H21IO3. The average Bonchev–Trinajstić information content (AvgIpc) is 2.48. The third-order valence-corrected chi connectivity index (χ3v) is 4.29. The molecule has 0 aliphatic carbocycles. The van der Waals surface area contributed by atoms with Gasteiger partial charge in [0, 0.05) is 9.99 Å². The van der Waals surface area contributed by atoms with Crippen molar-refractivity contribution in [3.8, 4) is 5.75 Å². The fraction of sp³-hybridized carbons (Fsp3) is 0.316. The molecule has 0 fully saturated rings. The standard InChI is InChI=1S/C19H21IO3/c1-19(2,3)15-6-4-5-7-16(15)23-17(18(21)22)12-13-8-10-14(20)11-9-13/h4-11,17H,12H2,1-3H3,(H,21,22). The van der Waals surface area contributed by atoms with Gasteiger partial charge in [0.1, 0.15) is 5.75 Å². The molecule has 0 aromatic heterocycles. The van der Waals surface area contributed by atoms with Crippen molar-refractivity contribution < 1.29 is 14.6 Å². The van der Waals surface area contributed by atoms with Crippen LogP contribution in [0.1, 0.15) is 31.9 Å². The van der Waals surface area contributed by atoms with Crippen molar-refractivity contribution in [1.82, 2.24) is 0 Å². The number of carboxylic acids is 1. The van der Waals surface area contributed by atoms with Gasteiger partial charge in [0.15, 0.2) is 6.10 Å². The molecule has 1 N–H and O–H groups in total. The molecule has 2 rings (SSSR count). The van der Waals surface area contributed by atoms with Gasteiger partial charge in [0.25, 0.3) is 0 Å². The summed E-state index contributed by atoms with van der Waals surface area (Å²) >= 11 is 2.23. The molecule has 1 unspecified atom stereocenters. The monoisotopic (exact) mass is 424 g/mol. The van der Waals surface area contributed by atoms with Gasteiger partial charge in [-0.2, -0.15) is 0 Å². The molecule has 0 aliphatic heterocycles. The number of ether oxygens (including phenoxy) is 1. The first-order valence-electron chi connectivity index (χ1n) is 7.51. The van der Waals surface area contributed by atoms with E-state index in [4.69, 9.17) is 4.74 Å². The van der Waals surface area contributed by atoms with E-state index in [1.165, 1.54) is 0 Å². The molecule has 3 nitrogen and oxygen atoms in total. The molecular weight excluding hydrogens is 403 g/mol. The van der Waals surface area contributed by atoms with E-state index in [0.29, 0.717) is 12.2 Å². The number of para-hydroxylation sites is 1. The lowest BCUT2D eigenvalue weighted by Gasteiger charge is -2.24. The summed E-state index contributed by atoms with van der Waals surface area (Å²) in [5.74, 6) is -0.315. The summed E-state index contributed by atoms with van der Waals surface area (Å²) in [4.78, 5) is 11.6. The minimum Gasteiger partial charge on any atom is -0.478 e. The highest BCUT2D eigenvalue weighted by atomic mass is 127. The van der Waals surface area contributed by atoms with Crippen LogP contribution in [0.2, 0.25) is 0 Å². The third-order valence-electron chi connectivity index (χ3n) is 3.57. The van der Waals surface area contributed by atoms with E-state index >= 15 is 0 Å². The second-order valence-corrected chi connectivity index (χ2v) is 7.77. The molecule has 0 saturated heterocycles. The van der Waals surface area contributed by atoms with Crippen molar-refractivity contribution in [2.24, 2.45) is 0 Å². The Hall–Kier alpha value is -1.56. The number of carbonyl (C=O) groups is 1. The molecule has 0 aliphatic rings. The van der Waals surface area contributed by atoms with E-state index in [2.05, 4.69) is 43.4 Å². The lowest BCUT2D eigenvalue weighted by Crippen LogP contribution is -2.30. The first kappa shape index (κ1) is 17.8. The Balaban J connectivity index is 2.24. The minimum atomic E-state index is -0.952. The van der Waals surface area contributed by atoms with Crippen molar-refractivity contribution in [1.29, 1.82) is 0 Å². The molecule has 0 radical (unpaired) electrons. The van der Waals surface area contributed by atoms with Gasteiger partial charge in [-0.15, -0.1) is 0 Å². The molecule has 4 heteroatoms. The van der Waals surface area contributed by atoms with Crippen molar-refractivity contribution in [2.75, 3.05) is 0 Å². The predicted octanol–water partition coefficient (Wildman–Crippen LogP) is 4.66. The summed E-state index contributed by atoms with van der Waals surface area (Å²) in [6.07, 6.45) is -0.566. The van der Waals surface area contributed by atoms with Gasteiger partial charge >= 0.3 is 5.97 Å². The maximum absolute atomic E-state index is 11.6. The van der Waals surface area contributed by atoms with E-state index < -0.39 is 12.1 Å². The van der Waals surface area contributed by atoms with Gasteiger partial charge in [-0.3, -0.25) is 0 Å². The SMILES string of the molecule is CC(C)(C)c1ccccc1OC(Cc1ccc(I)cc1)C(=O)O. The third kappa shape index (κ3) is 4.96. The van der Waals surface area contributed by atoms with Gasteiger partial charge in [-0.1, -0.05) is 51.1 Å². The van der Waals surface area contributed by atoms with Crippen LogP contribution in [0.3, 0.4) is 0 Å². The summed E-state index contributed by atoms with van der Waals surface area (Å²) in [6.45, 7) is 6.26. The number of carboxylic acid groups (broad SMARTS) is 1. The summed E-state index contributed by atoms with van der Waals surface area (Å²) < 4.78 is 6.99. The molecule has 0 heterocycles. The Bertz CT molecular complexity index is 672. The van der Waals surface area contributed by atoms with Crippen molar-refractivity contribution in [3.05, 3.63) is 63.2 Å². The molecule has 2 aromatic carbocycles. The summed E-state index contributed by atoms with van der Waals surface area (Å²) in [6, 6.07) is 15.5. The predicted molar refractivity (Wildman–Crippen MR) is 100 cm³/mol. The highest BCUT2D eigenvalue weighted by Crippen LogP contribution is 2.31. The highest BCUT2D eigenvalue weighted by molar-refractivity contribution is 14.1. The van der Waals surface area contributed by atoms with Gasteiger partial charge in [-0.05, 0) is 57.3 Å².